The molecule has 0 amide bonds. The minimum atomic E-state index is 0.517. The van der Waals surface area contributed by atoms with Crippen molar-refractivity contribution in [1.82, 2.24) is 25.4 Å². The Morgan fingerprint density at radius 2 is 2.09 bits per heavy atom. The number of aryl methyl sites for hydroxylation is 1. The number of nitrogens with zero attached hydrogens (tertiary/aromatic N) is 4. The summed E-state index contributed by atoms with van der Waals surface area (Å²) in [6, 6.07) is 0.517. The quantitative estimate of drug-likeness (QED) is 0.593. The molecular weight excluding hydrogens is 308 g/mol. The SMILES string of the molecule is CN=C(NCCc1ncc(C)s1)NCC(C)N1CCN(C)CC1. The van der Waals surface area contributed by atoms with Gasteiger partial charge in [-0.3, -0.25) is 9.89 Å². The number of guanidine groups is 1. The number of likely N-dealkylation sites (N-methyl/N-ethyl adjacent to an activating group) is 1. The average molecular weight is 339 g/mol. The third kappa shape index (κ3) is 6.08. The second-order valence-electron chi connectivity index (χ2n) is 6.18. The Labute approximate surface area is 144 Å². The lowest BCUT2D eigenvalue weighted by molar-refractivity contribution is 0.120. The molecule has 2 N–H and O–H groups in total. The number of aromatic nitrogens is 1. The number of piperazine rings is 1. The van der Waals surface area contributed by atoms with Gasteiger partial charge in [-0.1, -0.05) is 0 Å². The fraction of sp³-hybridized carbons (Fsp3) is 0.750. The second kappa shape index (κ2) is 9.20. The molecule has 1 atom stereocenters. The van der Waals surface area contributed by atoms with Crippen molar-refractivity contribution in [2.75, 3.05) is 53.4 Å². The lowest BCUT2D eigenvalue weighted by Gasteiger charge is -2.36. The van der Waals surface area contributed by atoms with E-state index in [1.807, 2.05) is 13.2 Å². The van der Waals surface area contributed by atoms with Gasteiger partial charge in [0.05, 0.1) is 5.01 Å². The Balaban J connectivity index is 1.66. The first-order chi connectivity index (χ1) is 11.1. The van der Waals surface area contributed by atoms with E-state index >= 15 is 0 Å². The molecule has 23 heavy (non-hydrogen) atoms. The number of aliphatic imine (C=N–C) groups is 1. The maximum Gasteiger partial charge on any atom is 0.191 e. The topological polar surface area (TPSA) is 55.8 Å². The predicted octanol–water partition coefficient (Wildman–Crippen LogP) is 0.795. The summed E-state index contributed by atoms with van der Waals surface area (Å²) in [6.45, 7) is 10.8. The highest BCUT2D eigenvalue weighted by molar-refractivity contribution is 7.11. The summed E-state index contributed by atoms with van der Waals surface area (Å²) >= 11 is 1.76. The fourth-order valence-electron chi connectivity index (χ4n) is 2.66. The van der Waals surface area contributed by atoms with Gasteiger partial charge in [0.15, 0.2) is 5.96 Å². The predicted molar refractivity (Wildman–Crippen MR) is 98.5 cm³/mol. The third-order valence-electron chi connectivity index (χ3n) is 4.25. The van der Waals surface area contributed by atoms with Gasteiger partial charge in [-0.15, -0.1) is 11.3 Å². The summed E-state index contributed by atoms with van der Waals surface area (Å²) in [7, 11) is 4.01. The summed E-state index contributed by atoms with van der Waals surface area (Å²) in [5.41, 5.74) is 0. The van der Waals surface area contributed by atoms with Crippen LogP contribution in [0, 0.1) is 6.92 Å². The molecule has 1 fully saturated rings. The molecule has 6 nitrogen and oxygen atoms in total. The molecule has 0 spiro atoms. The van der Waals surface area contributed by atoms with Gasteiger partial charge in [0, 0.05) is 69.9 Å². The molecule has 1 saturated heterocycles. The minimum absolute atomic E-state index is 0.517. The van der Waals surface area contributed by atoms with Crippen molar-refractivity contribution in [3.63, 3.8) is 0 Å². The minimum Gasteiger partial charge on any atom is -0.356 e. The molecule has 130 valence electrons. The molecule has 1 aliphatic heterocycles. The lowest BCUT2D eigenvalue weighted by atomic mass is 10.2. The van der Waals surface area contributed by atoms with Gasteiger partial charge in [0.25, 0.3) is 0 Å². The van der Waals surface area contributed by atoms with Gasteiger partial charge in [-0.05, 0) is 20.9 Å². The van der Waals surface area contributed by atoms with E-state index < -0.39 is 0 Å². The van der Waals surface area contributed by atoms with Crippen molar-refractivity contribution in [1.29, 1.82) is 0 Å². The van der Waals surface area contributed by atoms with Gasteiger partial charge in [0.2, 0.25) is 0 Å². The molecule has 1 aliphatic rings. The zero-order valence-electron chi connectivity index (χ0n) is 14.8. The van der Waals surface area contributed by atoms with Gasteiger partial charge in [-0.25, -0.2) is 4.98 Å². The molecule has 0 saturated carbocycles. The van der Waals surface area contributed by atoms with Crippen molar-refractivity contribution in [2.24, 2.45) is 4.99 Å². The van der Waals surface area contributed by atoms with E-state index in [0.717, 1.165) is 51.6 Å². The van der Waals surface area contributed by atoms with Crippen molar-refractivity contribution in [2.45, 2.75) is 26.3 Å². The lowest BCUT2D eigenvalue weighted by Crippen LogP contribution is -2.52. The van der Waals surface area contributed by atoms with Crippen molar-refractivity contribution < 1.29 is 0 Å². The average Bonchev–Trinajstić information content (AvgIpc) is 2.96. The highest BCUT2D eigenvalue weighted by Gasteiger charge is 2.18. The van der Waals surface area contributed by atoms with Crippen LogP contribution in [0.1, 0.15) is 16.8 Å². The summed E-state index contributed by atoms with van der Waals surface area (Å²) in [5, 5.41) is 7.98. The van der Waals surface area contributed by atoms with Crippen molar-refractivity contribution >= 4 is 17.3 Å². The first-order valence-electron chi connectivity index (χ1n) is 8.37. The number of nitrogens with one attached hydrogen (secondary N) is 2. The van der Waals surface area contributed by atoms with Crippen LogP contribution in [0.2, 0.25) is 0 Å². The van der Waals surface area contributed by atoms with E-state index in [2.05, 4.69) is 51.3 Å². The molecular formula is C16H30N6S. The first kappa shape index (κ1) is 18.2. The number of thiazole rings is 1. The van der Waals surface area contributed by atoms with Crippen LogP contribution in [0.25, 0.3) is 0 Å². The summed E-state index contributed by atoms with van der Waals surface area (Å²) in [4.78, 5) is 14.9. The number of rotatable bonds is 6. The largest absolute Gasteiger partial charge is 0.356 e. The van der Waals surface area contributed by atoms with Crippen LogP contribution in [-0.2, 0) is 6.42 Å². The van der Waals surface area contributed by atoms with Gasteiger partial charge >= 0.3 is 0 Å². The molecule has 1 unspecified atom stereocenters. The van der Waals surface area contributed by atoms with Crippen LogP contribution < -0.4 is 10.6 Å². The van der Waals surface area contributed by atoms with E-state index in [1.54, 1.807) is 11.3 Å². The zero-order valence-corrected chi connectivity index (χ0v) is 15.6. The van der Waals surface area contributed by atoms with Crippen LogP contribution in [0.15, 0.2) is 11.2 Å². The highest BCUT2D eigenvalue weighted by atomic mass is 32.1. The second-order valence-corrected chi connectivity index (χ2v) is 7.50. The number of hydrogen-bond acceptors (Lipinski definition) is 5. The van der Waals surface area contributed by atoms with Crippen molar-refractivity contribution in [3.05, 3.63) is 16.1 Å². The molecule has 0 aromatic carbocycles. The Kier molecular flexibility index (Phi) is 7.26. The van der Waals surface area contributed by atoms with Crippen LogP contribution in [0.4, 0.5) is 0 Å². The zero-order chi connectivity index (χ0) is 16.7. The first-order valence-corrected chi connectivity index (χ1v) is 9.18. The molecule has 1 aromatic rings. The van der Waals surface area contributed by atoms with E-state index in [4.69, 9.17) is 0 Å². The fourth-order valence-corrected chi connectivity index (χ4v) is 3.45. The Bertz CT molecular complexity index is 493. The van der Waals surface area contributed by atoms with Gasteiger partial charge in [0.1, 0.15) is 0 Å². The highest BCUT2D eigenvalue weighted by Crippen LogP contribution is 2.10. The van der Waals surface area contributed by atoms with Crippen molar-refractivity contribution in [3.8, 4) is 0 Å². The standard InChI is InChI=1S/C16H30N6S/c1-13(22-9-7-21(4)8-10-22)11-20-16(17-3)18-6-5-15-19-12-14(2)23-15/h12-13H,5-11H2,1-4H3,(H2,17,18,20). The molecule has 2 heterocycles. The van der Waals surface area contributed by atoms with Gasteiger partial charge in [-0.2, -0.15) is 0 Å². The Morgan fingerprint density at radius 3 is 2.70 bits per heavy atom. The van der Waals surface area contributed by atoms with Crippen LogP contribution >= 0.6 is 11.3 Å². The van der Waals surface area contributed by atoms with Gasteiger partial charge < -0.3 is 15.5 Å². The monoisotopic (exact) mass is 338 g/mol. The molecule has 0 bridgehead atoms. The smallest absolute Gasteiger partial charge is 0.191 e. The summed E-state index contributed by atoms with van der Waals surface area (Å²) in [6.07, 6.45) is 2.87. The summed E-state index contributed by atoms with van der Waals surface area (Å²) < 4.78 is 0. The van der Waals surface area contributed by atoms with E-state index in [1.165, 1.54) is 9.88 Å². The van der Waals surface area contributed by atoms with Crippen LogP contribution in [0.5, 0.6) is 0 Å². The third-order valence-corrected chi connectivity index (χ3v) is 5.22. The Hall–Kier alpha value is -1.18. The maximum atomic E-state index is 4.39. The normalized spacial score (nSPS) is 18.9. The van der Waals surface area contributed by atoms with E-state index in [0.29, 0.717) is 6.04 Å². The molecule has 2 rings (SSSR count). The van der Waals surface area contributed by atoms with Crippen LogP contribution in [0.3, 0.4) is 0 Å². The molecule has 1 aromatic heterocycles. The summed E-state index contributed by atoms with van der Waals surface area (Å²) in [5.74, 6) is 0.874. The molecule has 7 heteroatoms. The van der Waals surface area contributed by atoms with Crippen LogP contribution in [-0.4, -0.2) is 80.1 Å². The Morgan fingerprint density at radius 1 is 1.35 bits per heavy atom. The molecule has 0 aliphatic carbocycles. The van der Waals surface area contributed by atoms with E-state index in [-0.39, 0.29) is 0 Å². The number of hydrogen-bond donors (Lipinski definition) is 2. The van der Waals surface area contributed by atoms with E-state index in [9.17, 15) is 0 Å². The maximum absolute atomic E-state index is 4.39. The molecule has 0 radical (unpaired) electrons.